The number of amides is 4. The fourth-order valence-electron chi connectivity index (χ4n) is 1.89. The van der Waals surface area contributed by atoms with E-state index in [4.69, 9.17) is 0 Å². The third kappa shape index (κ3) is 5.13. The average molecular weight is 326 g/mol. The van der Waals surface area contributed by atoms with Gasteiger partial charge in [0.2, 0.25) is 5.91 Å². The van der Waals surface area contributed by atoms with Crippen molar-refractivity contribution in [3.8, 4) is 0 Å². The second-order valence-electron chi connectivity index (χ2n) is 4.88. The molecule has 0 unspecified atom stereocenters. The summed E-state index contributed by atoms with van der Waals surface area (Å²) in [5.74, 6) is -0.536. The van der Waals surface area contributed by atoms with Crippen LogP contribution < -0.4 is 21.3 Å². The molecule has 2 aromatic rings. The molecule has 24 heavy (non-hydrogen) atoms. The Kier molecular flexibility index (Phi) is 5.90. The normalized spacial score (nSPS) is 9.71. The van der Waals surface area contributed by atoms with E-state index in [1.165, 1.54) is 7.05 Å². The predicted octanol–water partition coefficient (Wildman–Crippen LogP) is 1.81. The van der Waals surface area contributed by atoms with Gasteiger partial charge >= 0.3 is 6.03 Å². The van der Waals surface area contributed by atoms with Gasteiger partial charge in [0.1, 0.15) is 0 Å². The maximum Gasteiger partial charge on any atom is 0.319 e. The van der Waals surface area contributed by atoms with Gasteiger partial charge in [-0.15, -0.1) is 0 Å². The van der Waals surface area contributed by atoms with E-state index in [0.29, 0.717) is 16.9 Å². The minimum absolute atomic E-state index is 0.118. The Morgan fingerprint density at radius 1 is 0.875 bits per heavy atom. The van der Waals surface area contributed by atoms with Crippen molar-refractivity contribution in [1.82, 2.24) is 10.6 Å². The minimum Gasteiger partial charge on any atom is -0.358 e. The highest BCUT2D eigenvalue weighted by atomic mass is 16.2. The monoisotopic (exact) mass is 326 g/mol. The molecule has 2 rings (SSSR count). The van der Waals surface area contributed by atoms with Crippen LogP contribution in [0, 0.1) is 0 Å². The maximum absolute atomic E-state index is 12.1. The molecule has 0 aromatic heterocycles. The van der Waals surface area contributed by atoms with Gasteiger partial charge in [0, 0.05) is 24.0 Å². The lowest BCUT2D eigenvalue weighted by atomic mass is 10.2. The van der Waals surface area contributed by atoms with E-state index in [1.54, 1.807) is 48.5 Å². The van der Waals surface area contributed by atoms with Crippen molar-refractivity contribution in [3.05, 3.63) is 60.2 Å². The zero-order valence-corrected chi connectivity index (χ0v) is 13.1. The van der Waals surface area contributed by atoms with Crippen LogP contribution >= 0.6 is 0 Å². The fraction of sp³-hybridized carbons (Fsp3) is 0.118. The number of likely N-dealkylation sites (N-methyl/N-ethyl adjacent to an activating group) is 1. The van der Waals surface area contributed by atoms with E-state index in [2.05, 4.69) is 21.3 Å². The number of hydrogen-bond donors (Lipinski definition) is 4. The summed E-state index contributed by atoms with van der Waals surface area (Å²) < 4.78 is 0. The summed E-state index contributed by atoms with van der Waals surface area (Å²) in [7, 11) is 1.49. The van der Waals surface area contributed by atoms with Crippen molar-refractivity contribution < 1.29 is 14.4 Å². The molecule has 7 nitrogen and oxygen atoms in total. The standard InChI is InChI=1S/C17H18N4O3/c1-18-15(22)11-19-17(24)21-14-9-5-8-13(10-14)20-16(23)12-6-3-2-4-7-12/h2-10H,11H2,1H3,(H,18,22)(H,20,23)(H2,19,21,24). The Labute approximate surface area is 139 Å². The molecule has 0 saturated heterocycles. The molecule has 0 radical (unpaired) electrons. The van der Waals surface area contributed by atoms with Gasteiger partial charge in [-0.1, -0.05) is 24.3 Å². The molecule has 4 N–H and O–H groups in total. The maximum atomic E-state index is 12.1. The number of hydrogen-bond acceptors (Lipinski definition) is 3. The van der Waals surface area contributed by atoms with Gasteiger partial charge in [0.15, 0.2) is 0 Å². The zero-order valence-electron chi connectivity index (χ0n) is 13.1. The molecule has 0 atom stereocenters. The van der Waals surface area contributed by atoms with E-state index < -0.39 is 6.03 Å². The van der Waals surface area contributed by atoms with Crippen LogP contribution in [0.4, 0.5) is 16.2 Å². The first-order chi connectivity index (χ1) is 11.6. The first-order valence-corrected chi connectivity index (χ1v) is 7.30. The van der Waals surface area contributed by atoms with Crippen molar-refractivity contribution in [2.45, 2.75) is 0 Å². The van der Waals surface area contributed by atoms with Crippen LogP contribution in [0.3, 0.4) is 0 Å². The van der Waals surface area contributed by atoms with E-state index in [9.17, 15) is 14.4 Å². The molecular formula is C17H18N4O3. The summed E-state index contributed by atoms with van der Waals surface area (Å²) in [6.07, 6.45) is 0. The quantitative estimate of drug-likeness (QED) is 0.674. The summed E-state index contributed by atoms with van der Waals surface area (Å²) in [6.45, 7) is -0.118. The highest BCUT2D eigenvalue weighted by molar-refractivity contribution is 6.04. The van der Waals surface area contributed by atoms with E-state index in [0.717, 1.165) is 0 Å². The summed E-state index contributed by atoms with van der Waals surface area (Å²) in [4.78, 5) is 34.9. The lowest BCUT2D eigenvalue weighted by Gasteiger charge is -2.09. The van der Waals surface area contributed by atoms with Crippen molar-refractivity contribution in [1.29, 1.82) is 0 Å². The SMILES string of the molecule is CNC(=O)CNC(=O)Nc1cccc(NC(=O)c2ccccc2)c1. The van der Waals surface area contributed by atoms with Crippen LogP contribution in [0.25, 0.3) is 0 Å². The first-order valence-electron chi connectivity index (χ1n) is 7.30. The van der Waals surface area contributed by atoms with Gasteiger partial charge in [-0.05, 0) is 30.3 Å². The Bertz CT molecular complexity index is 732. The molecule has 0 aliphatic rings. The van der Waals surface area contributed by atoms with Crippen LogP contribution in [0.5, 0.6) is 0 Å². The molecule has 0 bridgehead atoms. The smallest absolute Gasteiger partial charge is 0.319 e. The van der Waals surface area contributed by atoms with E-state index in [-0.39, 0.29) is 18.4 Å². The van der Waals surface area contributed by atoms with Crippen molar-refractivity contribution in [3.63, 3.8) is 0 Å². The molecule has 0 saturated carbocycles. The third-order valence-corrected chi connectivity index (χ3v) is 3.10. The Morgan fingerprint density at radius 2 is 1.54 bits per heavy atom. The summed E-state index contributed by atoms with van der Waals surface area (Å²) in [5.41, 5.74) is 1.59. The van der Waals surface area contributed by atoms with Gasteiger partial charge in [-0.3, -0.25) is 9.59 Å². The molecule has 0 heterocycles. The van der Waals surface area contributed by atoms with Gasteiger partial charge in [0.05, 0.1) is 6.54 Å². The number of anilines is 2. The first kappa shape index (κ1) is 17.0. The Morgan fingerprint density at radius 3 is 2.21 bits per heavy atom. The van der Waals surface area contributed by atoms with Crippen LogP contribution in [-0.4, -0.2) is 31.4 Å². The van der Waals surface area contributed by atoms with Crippen LogP contribution in [0.2, 0.25) is 0 Å². The van der Waals surface area contributed by atoms with Crippen LogP contribution in [-0.2, 0) is 4.79 Å². The summed E-state index contributed by atoms with van der Waals surface area (Å²) in [6, 6.07) is 15.0. The molecule has 4 amide bonds. The van der Waals surface area contributed by atoms with Crippen molar-refractivity contribution in [2.75, 3.05) is 24.2 Å². The molecule has 0 fully saturated rings. The lowest BCUT2D eigenvalue weighted by Crippen LogP contribution is -2.37. The van der Waals surface area contributed by atoms with E-state index in [1.807, 2.05) is 6.07 Å². The highest BCUT2D eigenvalue weighted by Crippen LogP contribution is 2.16. The second kappa shape index (κ2) is 8.33. The number of carbonyl (C=O) groups excluding carboxylic acids is 3. The molecule has 2 aromatic carbocycles. The number of nitrogens with one attached hydrogen (secondary N) is 4. The molecular weight excluding hydrogens is 308 g/mol. The lowest BCUT2D eigenvalue weighted by molar-refractivity contribution is -0.119. The number of urea groups is 1. The summed E-state index contributed by atoms with van der Waals surface area (Å²) >= 11 is 0. The van der Waals surface area contributed by atoms with Gasteiger partial charge in [0.25, 0.3) is 5.91 Å². The van der Waals surface area contributed by atoms with E-state index >= 15 is 0 Å². The van der Waals surface area contributed by atoms with Gasteiger partial charge in [-0.2, -0.15) is 0 Å². The summed E-state index contributed by atoms with van der Waals surface area (Å²) in [5, 5.41) is 10.2. The second-order valence-corrected chi connectivity index (χ2v) is 4.88. The van der Waals surface area contributed by atoms with Crippen molar-refractivity contribution >= 4 is 29.2 Å². The third-order valence-electron chi connectivity index (χ3n) is 3.10. The highest BCUT2D eigenvalue weighted by Gasteiger charge is 2.07. The average Bonchev–Trinajstić information content (AvgIpc) is 2.60. The topological polar surface area (TPSA) is 99.3 Å². The molecule has 124 valence electrons. The van der Waals surface area contributed by atoms with Gasteiger partial charge in [-0.25, -0.2) is 4.79 Å². The van der Waals surface area contributed by atoms with Crippen molar-refractivity contribution in [2.24, 2.45) is 0 Å². The Balaban J connectivity index is 1.95. The number of benzene rings is 2. The minimum atomic E-state index is -0.509. The van der Waals surface area contributed by atoms with Crippen LogP contribution in [0.15, 0.2) is 54.6 Å². The largest absolute Gasteiger partial charge is 0.358 e. The number of carbonyl (C=O) groups is 3. The molecule has 7 heteroatoms. The predicted molar refractivity (Wildman–Crippen MR) is 91.9 cm³/mol. The molecule has 0 aliphatic carbocycles. The fourth-order valence-corrected chi connectivity index (χ4v) is 1.89. The number of rotatable bonds is 5. The molecule has 0 aliphatic heterocycles. The van der Waals surface area contributed by atoms with Gasteiger partial charge < -0.3 is 21.3 Å². The zero-order chi connectivity index (χ0) is 17.4. The van der Waals surface area contributed by atoms with Crippen LogP contribution in [0.1, 0.15) is 10.4 Å². The Hall–Kier alpha value is -3.35. The molecule has 0 spiro atoms.